The highest BCUT2D eigenvalue weighted by molar-refractivity contribution is 5.39. The maximum Gasteiger partial charge on any atom is 0.0249 e. The van der Waals surface area contributed by atoms with E-state index >= 15 is 0 Å². The molecule has 1 aliphatic rings. The maximum absolute atomic E-state index is 3.45. The van der Waals surface area contributed by atoms with Gasteiger partial charge in [0.25, 0.3) is 0 Å². The van der Waals surface area contributed by atoms with Crippen molar-refractivity contribution in [1.29, 1.82) is 0 Å². The molecule has 2 rings (SSSR count). The molecule has 0 aliphatic heterocycles. The smallest absolute Gasteiger partial charge is 0.0249 e. The van der Waals surface area contributed by atoms with Crippen molar-refractivity contribution in [3.63, 3.8) is 0 Å². The number of benzene rings is 1. The van der Waals surface area contributed by atoms with E-state index in [9.17, 15) is 0 Å². The first-order valence-electron chi connectivity index (χ1n) is 13.1. The number of allylic oxidation sites excluding steroid dienone is 2. The van der Waals surface area contributed by atoms with Gasteiger partial charge in [0.1, 0.15) is 0 Å². The molecule has 0 atom stereocenters. The minimum Gasteiger partial charge on any atom is -0.0951 e. The zero-order chi connectivity index (χ0) is 22.0. The van der Waals surface area contributed by atoms with Gasteiger partial charge in [0, 0.05) is 11.5 Å². The van der Waals surface area contributed by atoms with Gasteiger partial charge < -0.3 is 0 Å². The van der Waals surface area contributed by atoms with Gasteiger partial charge in [-0.15, -0.1) is 0 Å². The Hall–Kier alpha value is -1.92. The Labute approximate surface area is 193 Å². The molecule has 1 aromatic rings. The van der Waals surface area contributed by atoms with Crippen molar-refractivity contribution in [3.05, 3.63) is 47.5 Å². The third-order valence-corrected chi connectivity index (χ3v) is 6.59. The van der Waals surface area contributed by atoms with E-state index < -0.39 is 0 Å². The van der Waals surface area contributed by atoms with Crippen LogP contribution >= 0.6 is 0 Å². The third kappa shape index (κ3) is 11.9. The molecular weight excluding hydrogens is 372 g/mol. The van der Waals surface area contributed by atoms with E-state index in [-0.39, 0.29) is 0 Å². The van der Waals surface area contributed by atoms with Crippen molar-refractivity contribution in [2.75, 3.05) is 0 Å². The van der Waals surface area contributed by atoms with E-state index in [1.54, 1.807) is 0 Å². The molecule has 0 bridgehead atoms. The molecule has 0 amide bonds. The zero-order valence-electron chi connectivity index (χ0n) is 20.2. The van der Waals surface area contributed by atoms with E-state index in [0.717, 1.165) is 11.5 Å². The second kappa shape index (κ2) is 16.7. The van der Waals surface area contributed by atoms with Crippen LogP contribution < -0.4 is 0 Å². The first-order valence-corrected chi connectivity index (χ1v) is 13.1. The topological polar surface area (TPSA) is 0 Å². The molecule has 0 aromatic heterocycles. The van der Waals surface area contributed by atoms with Crippen LogP contribution in [0.5, 0.6) is 0 Å². The summed E-state index contributed by atoms with van der Waals surface area (Å²) in [4.78, 5) is 0. The van der Waals surface area contributed by atoms with Crippen LogP contribution in [0, 0.1) is 35.5 Å². The molecule has 31 heavy (non-hydrogen) atoms. The Morgan fingerprint density at radius 2 is 1.39 bits per heavy atom. The fourth-order valence-corrected chi connectivity index (χ4v) is 4.52. The summed E-state index contributed by atoms with van der Waals surface area (Å²) in [5.41, 5.74) is 2.52. The molecule has 0 unspecified atom stereocenters. The van der Waals surface area contributed by atoms with Crippen molar-refractivity contribution in [2.24, 2.45) is 11.8 Å². The van der Waals surface area contributed by atoms with E-state index in [1.807, 2.05) is 12.2 Å². The van der Waals surface area contributed by atoms with Crippen LogP contribution in [0.2, 0.25) is 0 Å². The SMILES string of the molecule is CCCCCCCc1ccc(C#C/C=C/C#C[C@H]2CC[C@H](CCCCCC)CC2)cc1. The molecule has 0 radical (unpaired) electrons. The summed E-state index contributed by atoms with van der Waals surface area (Å²) in [5, 5.41) is 0. The van der Waals surface area contributed by atoms with Gasteiger partial charge in [-0.25, -0.2) is 0 Å². The number of hydrogen-bond acceptors (Lipinski definition) is 0. The van der Waals surface area contributed by atoms with Gasteiger partial charge in [0.15, 0.2) is 0 Å². The number of hydrogen-bond donors (Lipinski definition) is 0. The van der Waals surface area contributed by atoms with Crippen molar-refractivity contribution in [2.45, 2.75) is 110 Å². The van der Waals surface area contributed by atoms with Gasteiger partial charge in [0.2, 0.25) is 0 Å². The lowest BCUT2D eigenvalue weighted by molar-refractivity contribution is 0.294. The molecule has 0 heteroatoms. The van der Waals surface area contributed by atoms with E-state index in [1.165, 1.54) is 102 Å². The number of aryl methyl sites for hydroxylation is 1. The lowest BCUT2D eigenvalue weighted by atomic mass is 9.80. The standard InChI is InChI=1S/C31H44/c1-3-5-7-9-13-17-29-24-26-31(27-25-29)19-15-11-10-14-18-30-22-20-28(21-23-30)16-12-8-6-4-2/h10-11,24-28,30H,3-9,12-13,16-17,20-23H2,1-2H3/b11-10+/t28-,30-. The predicted octanol–water partition coefficient (Wildman–Crippen LogP) is 8.89. The van der Waals surface area contributed by atoms with Crippen LogP contribution in [0.3, 0.4) is 0 Å². The minimum atomic E-state index is 0.596. The molecule has 0 heterocycles. The number of unbranched alkanes of at least 4 members (excludes halogenated alkanes) is 7. The summed E-state index contributed by atoms with van der Waals surface area (Å²) in [6, 6.07) is 8.75. The Balaban J connectivity index is 1.63. The van der Waals surface area contributed by atoms with Crippen LogP contribution in [-0.2, 0) is 6.42 Å². The second-order valence-corrected chi connectivity index (χ2v) is 9.32. The Bertz CT molecular complexity index is 720. The Morgan fingerprint density at radius 3 is 2.10 bits per heavy atom. The molecule has 0 spiro atoms. The van der Waals surface area contributed by atoms with Gasteiger partial charge in [-0.05, 0) is 74.3 Å². The van der Waals surface area contributed by atoms with Crippen molar-refractivity contribution in [1.82, 2.24) is 0 Å². The summed E-state index contributed by atoms with van der Waals surface area (Å²) < 4.78 is 0. The summed E-state index contributed by atoms with van der Waals surface area (Å²) in [7, 11) is 0. The predicted molar refractivity (Wildman–Crippen MR) is 137 cm³/mol. The van der Waals surface area contributed by atoms with Crippen LogP contribution in [0.15, 0.2) is 36.4 Å². The molecule has 1 aliphatic carbocycles. The second-order valence-electron chi connectivity index (χ2n) is 9.32. The highest BCUT2D eigenvalue weighted by atomic mass is 14.2. The van der Waals surface area contributed by atoms with Gasteiger partial charge in [-0.1, -0.05) is 107 Å². The average Bonchev–Trinajstić information content (AvgIpc) is 2.80. The normalized spacial score (nSPS) is 18.3. The fourth-order valence-electron chi connectivity index (χ4n) is 4.52. The summed E-state index contributed by atoms with van der Waals surface area (Å²) in [6.45, 7) is 4.56. The van der Waals surface area contributed by atoms with Gasteiger partial charge in [-0.3, -0.25) is 0 Å². The molecule has 1 saturated carbocycles. The summed E-state index contributed by atoms with van der Waals surface area (Å²) in [5.74, 6) is 14.6. The largest absolute Gasteiger partial charge is 0.0951 e. The van der Waals surface area contributed by atoms with Crippen LogP contribution in [0.1, 0.15) is 115 Å². The van der Waals surface area contributed by atoms with Crippen LogP contribution in [0.25, 0.3) is 0 Å². The monoisotopic (exact) mass is 416 g/mol. The molecule has 1 fully saturated rings. The first-order chi connectivity index (χ1) is 15.3. The fraction of sp³-hybridized carbons (Fsp3) is 0.613. The van der Waals surface area contributed by atoms with E-state index in [4.69, 9.17) is 0 Å². The highest BCUT2D eigenvalue weighted by Gasteiger charge is 2.19. The lowest BCUT2D eigenvalue weighted by Gasteiger charge is -2.25. The lowest BCUT2D eigenvalue weighted by Crippen LogP contribution is -2.13. The van der Waals surface area contributed by atoms with Crippen molar-refractivity contribution in [3.8, 4) is 23.7 Å². The molecule has 1 aromatic carbocycles. The van der Waals surface area contributed by atoms with Crippen molar-refractivity contribution >= 4 is 0 Å². The van der Waals surface area contributed by atoms with E-state index in [2.05, 4.69) is 61.8 Å². The third-order valence-electron chi connectivity index (χ3n) is 6.59. The van der Waals surface area contributed by atoms with Crippen LogP contribution in [0.4, 0.5) is 0 Å². The zero-order valence-corrected chi connectivity index (χ0v) is 20.2. The molecule has 0 nitrogen and oxygen atoms in total. The van der Waals surface area contributed by atoms with Gasteiger partial charge in [0.05, 0.1) is 0 Å². The van der Waals surface area contributed by atoms with Crippen molar-refractivity contribution < 1.29 is 0 Å². The van der Waals surface area contributed by atoms with Gasteiger partial charge in [-0.2, -0.15) is 0 Å². The molecule has 168 valence electrons. The summed E-state index contributed by atoms with van der Waals surface area (Å²) in [6.07, 6.45) is 24.1. The Kier molecular flexibility index (Phi) is 13.7. The highest BCUT2D eigenvalue weighted by Crippen LogP contribution is 2.31. The van der Waals surface area contributed by atoms with E-state index in [0.29, 0.717) is 5.92 Å². The maximum atomic E-state index is 3.45. The first kappa shape index (κ1) is 25.3. The minimum absolute atomic E-state index is 0.596. The van der Waals surface area contributed by atoms with Gasteiger partial charge >= 0.3 is 0 Å². The molecule has 0 saturated heterocycles. The quantitative estimate of drug-likeness (QED) is 0.249. The number of rotatable bonds is 11. The average molecular weight is 417 g/mol. The van der Waals surface area contributed by atoms with Crippen LogP contribution in [-0.4, -0.2) is 0 Å². The molecular formula is C31H44. The summed E-state index contributed by atoms with van der Waals surface area (Å²) >= 11 is 0. The Morgan fingerprint density at radius 1 is 0.742 bits per heavy atom. The molecule has 0 N–H and O–H groups in total.